The summed E-state index contributed by atoms with van der Waals surface area (Å²) in [7, 11) is 0. The fraction of sp³-hybridized carbons (Fsp3) is 0. The second kappa shape index (κ2) is 6.29. The summed E-state index contributed by atoms with van der Waals surface area (Å²) in [4.78, 5) is 0. The number of hydrogen-bond donors (Lipinski definition) is 3. The van der Waals surface area contributed by atoms with Crippen molar-refractivity contribution in [3.63, 3.8) is 0 Å². The summed E-state index contributed by atoms with van der Waals surface area (Å²) in [6.07, 6.45) is 0. The van der Waals surface area contributed by atoms with E-state index in [4.69, 9.17) is 4.52 Å². The lowest BCUT2D eigenvalue weighted by atomic mass is 9.96. The molecule has 0 spiro atoms. The molecule has 3 aromatic carbocycles. The molecule has 128 valence electrons. The standard InChI is InChI=1S/C21H15NO4/c23-16-8-4-13(5-9-16)20-19(15-2-1-3-18(25)12-15)21(26-22-20)14-6-10-17(24)11-7-14/h1-12,23-25H. The number of hydrogen-bond acceptors (Lipinski definition) is 5. The Hall–Kier alpha value is -3.73. The summed E-state index contributed by atoms with van der Waals surface area (Å²) in [5.74, 6) is 0.983. The molecule has 4 rings (SSSR count). The van der Waals surface area contributed by atoms with E-state index in [2.05, 4.69) is 5.16 Å². The molecule has 1 heterocycles. The molecule has 0 saturated carbocycles. The molecule has 0 aliphatic heterocycles. The molecule has 0 saturated heterocycles. The van der Waals surface area contributed by atoms with Crippen molar-refractivity contribution >= 4 is 0 Å². The van der Waals surface area contributed by atoms with Crippen LogP contribution in [0.4, 0.5) is 0 Å². The minimum absolute atomic E-state index is 0.136. The highest BCUT2D eigenvalue weighted by Crippen LogP contribution is 2.41. The zero-order valence-electron chi connectivity index (χ0n) is 13.6. The number of benzene rings is 3. The fourth-order valence-corrected chi connectivity index (χ4v) is 2.85. The van der Waals surface area contributed by atoms with Gasteiger partial charge < -0.3 is 19.8 Å². The van der Waals surface area contributed by atoms with Gasteiger partial charge in [-0.05, 0) is 66.2 Å². The summed E-state index contributed by atoms with van der Waals surface area (Å²) in [5.41, 5.74) is 3.59. The normalized spacial score (nSPS) is 10.8. The van der Waals surface area contributed by atoms with Crippen molar-refractivity contribution in [2.45, 2.75) is 0 Å². The van der Waals surface area contributed by atoms with E-state index in [1.807, 2.05) is 6.07 Å². The van der Waals surface area contributed by atoms with Gasteiger partial charge in [-0.1, -0.05) is 17.3 Å². The SMILES string of the molecule is Oc1ccc(-c2noc(-c3ccc(O)cc3)c2-c2cccc(O)c2)cc1. The summed E-state index contributed by atoms with van der Waals surface area (Å²) in [5, 5.41) is 33.2. The van der Waals surface area contributed by atoms with Gasteiger partial charge in [0.1, 0.15) is 22.9 Å². The number of phenols is 3. The Balaban J connectivity index is 1.95. The van der Waals surface area contributed by atoms with Gasteiger partial charge in [0.2, 0.25) is 0 Å². The van der Waals surface area contributed by atoms with E-state index in [0.29, 0.717) is 11.5 Å². The first kappa shape index (κ1) is 15.8. The molecule has 0 radical (unpaired) electrons. The average Bonchev–Trinajstić information content (AvgIpc) is 3.08. The van der Waals surface area contributed by atoms with Crippen molar-refractivity contribution in [1.82, 2.24) is 5.16 Å². The fourth-order valence-electron chi connectivity index (χ4n) is 2.85. The third-order valence-electron chi connectivity index (χ3n) is 4.10. The Morgan fingerprint density at radius 2 is 1.23 bits per heavy atom. The second-order valence-electron chi connectivity index (χ2n) is 5.88. The first-order chi connectivity index (χ1) is 12.6. The minimum atomic E-state index is 0.136. The topological polar surface area (TPSA) is 86.7 Å². The Morgan fingerprint density at radius 3 is 1.85 bits per heavy atom. The van der Waals surface area contributed by atoms with Crippen molar-refractivity contribution in [1.29, 1.82) is 0 Å². The van der Waals surface area contributed by atoms with Crippen LogP contribution in [0.1, 0.15) is 0 Å². The maximum Gasteiger partial charge on any atom is 0.175 e. The van der Waals surface area contributed by atoms with Gasteiger partial charge in [-0.3, -0.25) is 0 Å². The van der Waals surface area contributed by atoms with E-state index in [9.17, 15) is 15.3 Å². The molecule has 0 fully saturated rings. The molecule has 3 N–H and O–H groups in total. The van der Waals surface area contributed by atoms with Crippen LogP contribution in [0.15, 0.2) is 77.3 Å². The quantitative estimate of drug-likeness (QED) is 0.497. The molecule has 0 unspecified atom stereocenters. The second-order valence-corrected chi connectivity index (χ2v) is 5.88. The first-order valence-corrected chi connectivity index (χ1v) is 8.00. The van der Waals surface area contributed by atoms with Gasteiger partial charge in [-0.2, -0.15) is 0 Å². The van der Waals surface area contributed by atoms with Crippen LogP contribution in [-0.4, -0.2) is 20.5 Å². The highest BCUT2D eigenvalue weighted by atomic mass is 16.5. The largest absolute Gasteiger partial charge is 0.508 e. The molecular formula is C21H15NO4. The maximum atomic E-state index is 9.89. The van der Waals surface area contributed by atoms with Gasteiger partial charge in [-0.15, -0.1) is 0 Å². The van der Waals surface area contributed by atoms with Crippen molar-refractivity contribution in [3.05, 3.63) is 72.8 Å². The van der Waals surface area contributed by atoms with Crippen LogP contribution in [0.5, 0.6) is 17.2 Å². The molecular weight excluding hydrogens is 330 g/mol. The number of aromatic hydroxyl groups is 3. The van der Waals surface area contributed by atoms with Crippen molar-refractivity contribution in [3.8, 4) is 51.0 Å². The maximum absolute atomic E-state index is 9.89. The first-order valence-electron chi connectivity index (χ1n) is 8.00. The van der Waals surface area contributed by atoms with Gasteiger partial charge in [0.25, 0.3) is 0 Å². The Morgan fingerprint density at radius 1 is 0.615 bits per heavy atom. The highest BCUT2D eigenvalue weighted by molar-refractivity contribution is 5.90. The molecule has 0 aliphatic carbocycles. The number of rotatable bonds is 3. The van der Waals surface area contributed by atoms with E-state index < -0.39 is 0 Å². The molecule has 0 atom stereocenters. The lowest BCUT2D eigenvalue weighted by Crippen LogP contribution is -1.85. The van der Waals surface area contributed by atoms with Crippen LogP contribution >= 0.6 is 0 Å². The van der Waals surface area contributed by atoms with E-state index >= 15 is 0 Å². The third kappa shape index (κ3) is 2.86. The molecule has 4 aromatic rings. The Bertz CT molecular complexity index is 987. The van der Waals surface area contributed by atoms with Crippen molar-refractivity contribution < 1.29 is 19.8 Å². The van der Waals surface area contributed by atoms with Crippen LogP contribution in [0, 0.1) is 0 Å². The lowest BCUT2D eigenvalue weighted by molar-refractivity contribution is 0.435. The molecule has 0 aliphatic rings. The predicted molar refractivity (Wildman–Crippen MR) is 97.8 cm³/mol. The lowest BCUT2D eigenvalue weighted by Gasteiger charge is -2.06. The van der Waals surface area contributed by atoms with Crippen molar-refractivity contribution in [2.24, 2.45) is 0 Å². The smallest absolute Gasteiger partial charge is 0.175 e. The summed E-state index contributed by atoms with van der Waals surface area (Å²) < 4.78 is 5.62. The van der Waals surface area contributed by atoms with Gasteiger partial charge in [0, 0.05) is 11.1 Å². The van der Waals surface area contributed by atoms with Gasteiger partial charge in [-0.25, -0.2) is 0 Å². The third-order valence-corrected chi connectivity index (χ3v) is 4.10. The average molecular weight is 345 g/mol. The predicted octanol–water partition coefficient (Wildman–Crippen LogP) is 4.79. The molecule has 26 heavy (non-hydrogen) atoms. The van der Waals surface area contributed by atoms with Gasteiger partial charge in [0.15, 0.2) is 5.76 Å². The van der Waals surface area contributed by atoms with Crippen molar-refractivity contribution in [2.75, 3.05) is 0 Å². The summed E-state index contributed by atoms with van der Waals surface area (Å²) >= 11 is 0. The van der Waals surface area contributed by atoms with Gasteiger partial charge >= 0.3 is 0 Å². The molecule has 5 heteroatoms. The summed E-state index contributed by atoms with van der Waals surface area (Å²) in [6.45, 7) is 0. The monoisotopic (exact) mass is 345 g/mol. The van der Waals surface area contributed by atoms with Crippen LogP contribution in [0.2, 0.25) is 0 Å². The molecule has 0 amide bonds. The number of aromatic nitrogens is 1. The van der Waals surface area contributed by atoms with E-state index in [-0.39, 0.29) is 17.2 Å². The Kier molecular flexibility index (Phi) is 3.82. The molecule has 0 bridgehead atoms. The zero-order chi connectivity index (χ0) is 18.1. The Labute approximate surface area is 149 Å². The summed E-state index contributed by atoms with van der Waals surface area (Å²) in [6, 6.07) is 20.1. The van der Waals surface area contributed by atoms with Crippen LogP contribution in [0.3, 0.4) is 0 Å². The zero-order valence-corrected chi connectivity index (χ0v) is 13.6. The highest BCUT2D eigenvalue weighted by Gasteiger charge is 2.21. The number of phenolic OH excluding ortho intramolecular Hbond substituents is 3. The number of nitrogens with zero attached hydrogens (tertiary/aromatic N) is 1. The van der Waals surface area contributed by atoms with Crippen LogP contribution < -0.4 is 0 Å². The van der Waals surface area contributed by atoms with Gasteiger partial charge in [0.05, 0.1) is 5.56 Å². The van der Waals surface area contributed by atoms with E-state index in [1.165, 1.54) is 0 Å². The van der Waals surface area contributed by atoms with Crippen LogP contribution in [-0.2, 0) is 0 Å². The molecule has 1 aromatic heterocycles. The molecule has 5 nitrogen and oxygen atoms in total. The van der Waals surface area contributed by atoms with E-state index in [1.54, 1.807) is 66.7 Å². The minimum Gasteiger partial charge on any atom is -0.508 e. The van der Waals surface area contributed by atoms with E-state index in [0.717, 1.165) is 22.3 Å². The van der Waals surface area contributed by atoms with Crippen LogP contribution in [0.25, 0.3) is 33.7 Å².